The van der Waals surface area contributed by atoms with Gasteiger partial charge in [0, 0.05) is 24.6 Å². The van der Waals surface area contributed by atoms with E-state index in [-0.39, 0.29) is 11.2 Å². The molecule has 7 nitrogen and oxygen atoms in total. The van der Waals surface area contributed by atoms with Crippen LogP contribution in [-0.4, -0.2) is 30.2 Å². The van der Waals surface area contributed by atoms with Gasteiger partial charge < -0.3 is 24.9 Å². The first-order chi connectivity index (χ1) is 11.8. The number of aliphatic imine (C=N–C) groups is 1. The van der Waals surface area contributed by atoms with Gasteiger partial charge in [0.15, 0.2) is 5.96 Å². The van der Waals surface area contributed by atoms with Crippen LogP contribution in [0.5, 0.6) is 11.5 Å². The van der Waals surface area contributed by atoms with Crippen LogP contribution < -0.4 is 15.4 Å². The van der Waals surface area contributed by atoms with Crippen LogP contribution in [0.2, 0.25) is 0 Å². The lowest BCUT2D eigenvalue weighted by Gasteiger charge is -2.14. The van der Waals surface area contributed by atoms with Gasteiger partial charge in [0.25, 0.3) is 0 Å². The first kappa shape index (κ1) is 18.6. The molecule has 0 atom stereocenters. The molecule has 0 saturated heterocycles. The topological polar surface area (TPSA) is 91.9 Å². The van der Waals surface area contributed by atoms with Crippen LogP contribution in [0.3, 0.4) is 0 Å². The van der Waals surface area contributed by atoms with Gasteiger partial charge in [-0.3, -0.25) is 4.99 Å². The van der Waals surface area contributed by atoms with Gasteiger partial charge in [-0.2, -0.15) is 0 Å². The van der Waals surface area contributed by atoms with Crippen LogP contribution >= 0.6 is 0 Å². The van der Waals surface area contributed by atoms with Crippen molar-refractivity contribution in [2.24, 2.45) is 4.99 Å². The Balaban J connectivity index is 1.92. The van der Waals surface area contributed by atoms with Crippen molar-refractivity contribution in [2.75, 3.05) is 14.2 Å². The van der Waals surface area contributed by atoms with Gasteiger partial charge in [-0.1, -0.05) is 20.8 Å². The molecule has 136 valence electrons. The normalized spacial score (nSPS) is 12.1. The van der Waals surface area contributed by atoms with Crippen molar-refractivity contribution in [2.45, 2.75) is 39.3 Å². The number of nitrogens with one attached hydrogen (secondary N) is 2. The SMILES string of the molecule is CN=C(NCc1ncc(C(C)(C)C)o1)NCc1cc(OC)ccc1O. The van der Waals surface area contributed by atoms with Gasteiger partial charge in [0.2, 0.25) is 5.89 Å². The molecule has 0 unspecified atom stereocenters. The average Bonchev–Trinajstić information content (AvgIpc) is 3.05. The van der Waals surface area contributed by atoms with Crippen molar-refractivity contribution < 1.29 is 14.3 Å². The highest BCUT2D eigenvalue weighted by Gasteiger charge is 2.19. The molecule has 0 radical (unpaired) electrons. The van der Waals surface area contributed by atoms with E-state index in [1.807, 2.05) is 0 Å². The van der Waals surface area contributed by atoms with Crippen molar-refractivity contribution >= 4 is 5.96 Å². The maximum absolute atomic E-state index is 9.92. The van der Waals surface area contributed by atoms with Crippen LogP contribution in [0, 0.1) is 0 Å². The molecule has 0 amide bonds. The second-order valence-corrected chi connectivity index (χ2v) is 6.64. The Morgan fingerprint density at radius 1 is 1.28 bits per heavy atom. The summed E-state index contributed by atoms with van der Waals surface area (Å²) in [5, 5.41) is 16.2. The first-order valence-corrected chi connectivity index (χ1v) is 8.09. The minimum atomic E-state index is -0.0743. The largest absolute Gasteiger partial charge is 0.508 e. The Hall–Kier alpha value is -2.70. The molecule has 1 heterocycles. The van der Waals surface area contributed by atoms with E-state index in [2.05, 4.69) is 41.4 Å². The lowest BCUT2D eigenvalue weighted by Crippen LogP contribution is -2.36. The molecule has 25 heavy (non-hydrogen) atoms. The molecule has 0 spiro atoms. The maximum Gasteiger partial charge on any atom is 0.213 e. The fourth-order valence-corrected chi connectivity index (χ4v) is 2.13. The third kappa shape index (κ3) is 5.14. The third-order valence-electron chi connectivity index (χ3n) is 3.66. The molecule has 0 aliphatic carbocycles. The van der Waals surface area contributed by atoms with Gasteiger partial charge in [-0.05, 0) is 18.2 Å². The van der Waals surface area contributed by atoms with Crippen molar-refractivity contribution in [1.82, 2.24) is 15.6 Å². The van der Waals surface area contributed by atoms with E-state index in [9.17, 15) is 5.11 Å². The van der Waals surface area contributed by atoms with E-state index < -0.39 is 0 Å². The Morgan fingerprint density at radius 2 is 2.00 bits per heavy atom. The molecular weight excluding hydrogens is 320 g/mol. The minimum Gasteiger partial charge on any atom is -0.508 e. The first-order valence-electron chi connectivity index (χ1n) is 8.09. The standard InChI is InChI=1S/C18H26N4O3/c1-18(2,3)15-10-20-16(25-15)11-22-17(19-4)21-9-12-8-13(24-5)6-7-14(12)23/h6-8,10,23H,9,11H2,1-5H3,(H2,19,21,22). The highest BCUT2D eigenvalue weighted by atomic mass is 16.5. The predicted molar refractivity (Wildman–Crippen MR) is 96.9 cm³/mol. The molecule has 3 N–H and O–H groups in total. The number of ether oxygens (including phenoxy) is 1. The van der Waals surface area contributed by atoms with Gasteiger partial charge in [-0.25, -0.2) is 4.98 Å². The Kier molecular flexibility index (Phi) is 5.90. The smallest absolute Gasteiger partial charge is 0.213 e. The number of aromatic hydroxyl groups is 1. The zero-order chi connectivity index (χ0) is 18.4. The van der Waals surface area contributed by atoms with E-state index >= 15 is 0 Å². The number of hydrogen-bond acceptors (Lipinski definition) is 5. The summed E-state index contributed by atoms with van der Waals surface area (Å²) in [6, 6.07) is 5.09. The second kappa shape index (κ2) is 7.92. The summed E-state index contributed by atoms with van der Waals surface area (Å²) < 4.78 is 10.9. The lowest BCUT2D eigenvalue weighted by molar-refractivity contribution is 0.379. The number of rotatable bonds is 5. The number of benzene rings is 1. The van der Waals surface area contributed by atoms with Crippen molar-refractivity contribution in [3.63, 3.8) is 0 Å². The summed E-state index contributed by atoms with van der Waals surface area (Å²) in [5.74, 6) is 2.90. The maximum atomic E-state index is 9.92. The third-order valence-corrected chi connectivity index (χ3v) is 3.66. The van der Waals surface area contributed by atoms with E-state index in [4.69, 9.17) is 9.15 Å². The summed E-state index contributed by atoms with van der Waals surface area (Å²) in [4.78, 5) is 8.43. The summed E-state index contributed by atoms with van der Waals surface area (Å²) >= 11 is 0. The zero-order valence-electron chi connectivity index (χ0n) is 15.4. The van der Waals surface area contributed by atoms with Crippen LogP contribution in [0.15, 0.2) is 33.8 Å². The summed E-state index contributed by atoms with van der Waals surface area (Å²) in [6.07, 6.45) is 1.75. The van der Waals surface area contributed by atoms with Gasteiger partial charge >= 0.3 is 0 Å². The molecule has 0 aliphatic rings. The molecule has 0 fully saturated rings. The van der Waals surface area contributed by atoms with E-state index in [0.29, 0.717) is 36.3 Å². The van der Waals surface area contributed by atoms with Crippen LogP contribution in [0.1, 0.15) is 38.0 Å². The molecule has 1 aromatic heterocycles. The highest BCUT2D eigenvalue weighted by molar-refractivity contribution is 5.79. The molecule has 2 aromatic rings. The van der Waals surface area contributed by atoms with Gasteiger partial charge in [0.1, 0.15) is 17.3 Å². The van der Waals surface area contributed by atoms with Crippen LogP contribution in [0.4, 0.5) is 0 Å². The molecular formula is C18H26N4O3. The van der Waals surface area contributed by atoms with Gasteiger partial charge in [0.05, 0.1) is 19.9 Å². The van der Waals surface area contributed by atoms with Crippen LogP contribution in [-0.2, 0) is 18.5 Å². The Morgan fingerprint density at radius 3 is 2.60 bits per heavy atom. The molecule has 0 aliphatic heterocycles. The highest BCUT2D eigenvalue weighted by Crippen LogP contribution is 2.23. The lowest BCUT2D eigenvalue weighted by atomic mass is 9.94. The minimum absolute atomic E-state index is 0.0743. The number of methoxy groups -OCH3 is 1. The Labute approximate surface area is 148 Å². The number of nitrogens with zero attached hydrogens (tertiary/aromatic N) is 2. The molecule has 0 saturated carbocycles. The van der Waals surface area contributed by atoms with Crippen LogP contribution in [0.25, 0.3) is 0 Å². The summed E-state index contributed by atoms with van der Waals surface area (Å²) in [6.45, 7) is 7.05. The van der Waals surface area contributed by atoms with E-state index in [0.717, 1.165) is 5.76 Å². The van der Waals surface area contributed by atoms with Crippen molar-refractivity contribution in [3.05, 3.63) is 41.6 Å². The number of phenols is 1. The fourth-order valence-electron chi connectivity index (χ4n) is 2.13. The molecule has 1 aromatic carbocycles. The number of hydrogen-bond donors (Lipinski definition) is 3. The monoisotopic (exact) mass is 346 g/mol. The quantitative estimate of drug-likeness (QED) is 0.569. The molecule has 7 heteroatoms. The van der Waals surface area contributed by atoms with Crippen molar-refractivity contribution in [3.8, 4) is 11.5 Å². The van der Waals surface area contributed by atoms with Crippen molar-refractivity contribution in [1.29, 1.82) is 0 Å². The predicted octanol–water partition coefficient (Wildman–Crippen LogP) is 2.55. The number of aromatic nitrogens is 1. The Bertz CT molecular complexity index is 732. The number of guanidine groups is 1. The van der Waals surface area contributed by atoms with E-state index in [1.165, 1.54) is 0 Å². The summed E-state index contributed by atoms with van der Waals surface area (Å²) in [7, 11) is 3.27. The zero-order valence-corrected chi connectivity index (χ0v) is 15.4. The second-order valence-electron chi connectivity index (χ2n) is 6.64. The van der Waals surface area contributed by atoms with E-state index in [1.54, 1.807) is 38.6 Å². The van der Waals surface area contributed by atoms with Gasteiger partial charge in [-0.15, -0.1) is 0 Å². The number of oxazole rings is 1. The fraction of sp³-hybridized carbons (Fsp3) is 0.444. The number of phenolic OH excluding ortho intramolecular Hbond substituents is 1. The molecule has 2 rings (SSSR count). The molecule has 0 bridgehead atoms. The summed E-state index contributed by atoms with van der Waals surface area (Å²) in [5.41, 5.74) is 0.642. The average molecular weight is 346 g/mol.